The van der Waals surface area contributed by atoms with Gasteiger partial charge in [0.1, 0.15) is 0 Å². The second-order valence-corrected chi connectivity index (χ2v) is 8.40. The Bertz CT molecular complexity index is 920. The van der Waals surface area contributed by atoms with Crippen LogP contribution in [0, 0.1) is 11.3 Å². The molecular formula is C25H29NO. The number of hydrogen-bond donors (Lipinski definition) is 1. The van der Waals surface area contributed by atoms with Crippen molar-refractivity contribution in [1.29, 1.82) is 0 Å². The average molecular weight is 360 g/mol. The zero-order valence-electron chi connectivity index (χ0n) is 16.7. The lowest BCUT2D eigenvalue weighted by molar-refractivity contribution is 0.0812. The summed E-state index contributed by atoms with van der Waals surface area (Å²) in [7, 11) is 0. The van der Waals surface area contributed by atoms with Gasteiger partial charge in [-0.05, 0) is 57.4 Å². The molecule has 1 unspecified atom stereocenters. The maximum absolute atomic E-state index is 11.5. The van der Waals surface area contributed by atoms with E-state index in [1.54, 1.807) is 6.20 Å². The van der Waals surface area contributed by atoms with Gasteiger partial charge in [0.15, 0.2) is 0 Å². The largest absolute Gasteiger partial charge is 0.388 e. The van der Waals surface area contributed by atoms with Gasteiger partial charge in [0.2, 0.25) is 0 Å². The van der Waals surface area contributed by atoms with E-state index in [2.05, 4.69) is 81.2 Å². The maximum Gasteiger partial charge on any atom is 0.0847 e. The molecule has 1 N–H and O–H groups in total. The van der Waals surface area contributed by atoms with Gasteiger partial charge in [-0.15, -0.1) is 0 Å². The summed E-state index contributed by atoms with van der Waals surface area (Å²) in [5.41, 5.74) is 2.80. The van der Waals surface area contributed by atoms with Crippen molar-refractivity contribution < 1.29 is 5.11 Å². The number of nitrogens with zero attached hydrogens (tertiary/aromatic N) is 1. The Morgan fingerprint density at radius 1 is 1.04 bits per heavy atom. The van der Waals surface area contributed by atoms with Gasteiger partial charge in [-0.2, -0.15) is 0 Å². The monoisotopic (exact) mass is 359 g/mol. The fourth-order valence-corrected chi connectivity index (χ4v) is 4.01. The number of hydrogen-bond acceptors (Lipinski definition) is 2. The van der Waals surface area contributed by atoms with E-state index >= 15 is 0 Å². The molecule has 0 aliphatic carbocycles. The molecule has 0 radical (unpaired) electrons. The highest BCUT2D eigenvalue weighted by atomic mass is 16.3. The summed E-state index contributed by atoms with van der Waals surface area (Å²) in [5.74, 6) is 0.516. The van der Waals surface area contributed by atoms with Crippen LogP contribution >= 0.6 is 0 Å². The summed E-state index contributed by atoms with van der Waals surface area (Å²) >= 11 is 0. The number of aliphatic hydroxyl groups excluding tert-OH is 1. The standard InChI is InChI=1S/C25H29NO/c1-18(2)16-25(3,4)24(27)23(15-19-9-8-14-26-17-19)22-13-7-11-20-10-5-6-12-21(20)22/h5-15,17-18,24,27H,16H2,1-4H3. The van der Waals surface area contributed by atoms with E-state index in [1.807, 2.05) is 18.3 Å². The minimum Gasteiger partial charge on any atom is -0.388 e. The van der Waals surface area contributed by atoms with Gasteiger partial charge >= 0.3 is 0 Å². The molecule has 0 amide bonds. The Labute approximate surface area is 162 Å². The molecule has 2 aromatic carbocycles. The van der Waals surface area contributed by atoms with E-state index in [4.69, 9.17) is 0 Å². The van der Waals surface area contributed by atoms with Crippen molar-refractivity contribution in [2.75, 3.05) is 0 Å². The van der Waals surface area contributed by atoms with E-state index in [9.17, 15) is 5.11 Å². The SMILES string of the molecule is CC(C)CC(C)(C)C(O)C(=Cc1cccnc1)c1cccc2ccccc12. The smallest absolute Gasteiger partial charge is 0.0847 e. The summed E-state index contributed by atoms with van der Waals surface area (Å²) in [6.45, 7) is 8.72. The average Bonchev–Trinajstić information content (AvgIpc) is 2.65. The van der Waals surface area contributed by atoms with Crippen LogP contribution in [0.5, 0.6) is 0 Å². The van der Waals surface area contributed by atoms with Crippen LogP contribution in [0.4, 0.5) is 0 Å². The van der Waals surface area contributed by atoms with Gasteiger partial charge < -0.3 is 5.11 Å². The Hall–Kier alpha value is -2.45. The van der Waals surface area contributed by atoms with Crippen molar-refractivity contribution in [3.8, 4) is 0 Å². The zero-order chi connectivity index (χ0) is 19.4. The molecule has 2 nitrogen and oxygen atoms in total. The fraction of sp³-hybridized carbons (Fsp3) is 0.320. The lowest BCUT2D eigenvalue weighted by atomic mass is 9.74. The van der Waals surface area contributed by atoms with Crippen LogP contribution in [0.15, 0.2) is 67.0 Å². The highest BCUT2D eigenvalue weighted by molar-refractivity contribution is 5.98. The van der Waals surface area contributed by atoms with E-state index in [-0.39, 0.29) is 5.41 Å². The van der Waals surface area contributed by atoms with E-state index in [0.717, 1.165) is 28.5 Å². The molecule has 1 heterocycles. The highest BCUT2D eigenvalue weighted by Crippen LogP contribution is 2.39. The normalized spacial score (nSPS) is 13.9. The highest BCUT2D eigenvalue weighted by Gasteiger charge is 2.32. The Kier molecular flexibility index (Phi) is 5.76. The molecule has 0 saturated carbocycles. The zero-order valence-corrected chi connectivity index (χ0v) is 16.7. The van der Waals surface area contributed by atoms with Crippen LogP contribution in [-0.4, -0.2) is 16.2 Å². The number of pyridine rings is 1. The Morgan fingerprint density at radius 3 is 2.48 bits per heavy atom. The molecule has 0 aliphatic heterocycles. The molecule has 2 heteroatoms. The topological polar surface area (TPSA) is 33.1 Å². The second kappa shape index (κ2) is 8.06. The molecule has 27 heavy (non-hydrogen) atoms. The predicted molar refractivity (Wildman–Crippen MR) is 115 cm³/mol. The molecule has 0 bridgehead atoms. The first-order valence-corrected chi connectivity index (χ1v) is 9.66. The van der Waals surface area contributed by atoms with Gasteiger partial charge in [-0.1, -0.05) is 76.2 Å². The van der Waals surface area contributed by atoms with Crippen LogP contribution in [0.2, 0.25) is 0 Å². The molecule has 140 valence electrons. The number of benzene rings is 2. The first kappa shape index (κ1) is 19.3. The summed E-state index contributed by atoms with van der Waals surface area (Å²) in [6.07, 6.45) is 6.07. The third-order valence-electron chi connectivity index (χ3n) is 5.08. The molecule has 3 aromatic rings. The van der Waals surface area contributed by atoms with Crippen molar-refractivity contribution in [2.45, 2.75) is 40.2 Å². The molecule has 0 fully saturated rings. The molecule has 1 aromatic heterocycles. The van der Waals surface area contributed by atoms with Crippen molar-refractivity contribution in [3.63, 3.8) is 0 Å². The second-order valence-electron chi connectivity index (χ2n) is 8.40. The molecule has 3 rings (SSSR count). The third-order valence-corrected chi connectivity index (χ3v) is 5.08. The lowest BCUT2D eigenvalue weighted by Gasteiger charge is -2.34. The number of fused-ring (bicyclic) bond motifs is 1. The first-order valence-electron chi connectivity index (χ1n) is 9.66. The van der Waals surface area contributed by atoms with Crippen LogP contribution < -0.4 is 0 Å². The van der Waals surface area contributed by atoms with Crippen molar-refractivity contribution in [3.05, 3.63) is 78.1 Å². The van der Waals surface area contributed by atoms with Gasteiger partial charge in [0, 0.05) is 12.4 Å². The van der Waals surface area contributed by atoms with E-state index in [1.165, 1.54) is 5.39 Å². The summed E-state index contributed by atoms with van der Waals surface area (Å²) < 4.78 is 0. The first-order chi connectivity index (χ1) is 12.9. The van der Waals surface area contributed by atoms with Crippen LogP contribution in [0.1, 0.15) is 45.2 Å². The van der Waals surface area contributed by atoms with Crippen LogP contribution in [-0.2, 0) is 0 Å². The summed E-state index contributed by atoms with van der Waals surface area (Å²) in [4.78, 5) is 4.24. The van der Waals surface area contributed by atoms with Crippen LogP contribution in [0.3, 0.4) is 0 Å². The molecule has 0 aliphatic rings. The lowest BCUT2D eigenvalue weighted by Crippen LogP contribution is -2.32. The quantitative estimate of drug-likeness (QED) is 0.567. The predicted octanol–water partition coefficient (Wildman–Crippen LogP) is 6.21. The van der Waals surface area contributed by atoms with E-state index < -0.39 is 6.10 Å². The van der Waals surface area contributed by atoms with Gasteiger partial charge in [-0.25, -0.2) is 0 Å². The maximum atomic E-state index is 11.5. The number of aromatic nitrogens is 1. The van der Waals surface area contributed by atoms with Crippen molar-refractivity contribution in [2.24, 2.45) is 11.3 Å². The van der Waals surface area contributed by atoms with Crippen molar-refractivity contribution >= 4 is 22.4 Å². The van der Waals surface area contributed by atoms with Gasteiger partial charge in [-0.3, -0.25) is 4.98 Å². The van der Waals surface area contributed by atoms with Crippen LogP contribution in [0.25, 0.3) is 22.4 Å². The number of aliphatic hydroxyl groups is 1. The minimum atomic E-state index is -0.578. The Balaban J connectivity index is 2.17. The van der Waals surface area contributed by atoms with Gasteiger partial charge in [0.05, 0.1) is 6.10 Å². The Morgan fingerprint density at radius 2 is 1.78 bits per heavy atom. The summed E-state index contributed by atoms with van der Waals surface area (Å²) in [6, 6.07) is 18.6. The molecule has 0 spiro atoms. The molecule has 1 atom stereocenters. The molecular weight excluding hydrogens is 330 g/mol. The summed E-state index contributed by atoms with van der Waals surface area (Å²) in [5, 5.41) is 13.8. The third kappa shape index (κ3) is 4.45. The molecule has 0 saturated heterocycles. The number of rotatable bonds is 6. The van der Waals surface area contributed by atoms with Crippen molar-refractivity contribution in [1.82, 2.24) is 4.98 Å². The van der Waals surface area contributed by atoms with E-state index in [0.29, 0.717) is 5.92 Å². The van der Waals surface area contributed by atoms with Gasteiger partial charge in [0.25, 0.3) is 0 Å². The fourth-order valence-electron chi connectivity index (χ4n) is 4.01. The minimum absolute atomic E-state index is 0.237.